The van der Waals surface area contributed by atoms with E-state index in [1.165, 1.54) is 11.0 Å². The summed E-state index contributed by atoms with van der Waals surface area (Å²) in [7, 11) is 3.35. The molecule has 0 aliphatic heterocycles. The largest absolute Gasteiger partial charge is 0.347 e. The quantitative estimate of drug-likeness (QED) is 0.703. The highest BCUT2D eigenvalue weighted by Crippen LogP contribution is 2.09. The van der Waals surface area contributed by atoms with Gasteiger partial charge in [0, 0.05) is 26.7 Å². The first-order chi connectivity index (χ1) is 7.54. The summed E-state index contributed by atoms with van der Waals surface area (Å²) in [4.78, 5) is 22.0. The lowest BCUT2D eigenvalue weighted by atomic mass is 10.4. The van der Waals surface area contributed by atoms with Gasteiger partial charge in [-0.2, -0.15) is 4.39 Å². The topological polar surface area (TPSA) is 49.3 Å². The van der Waals surface area contributed by atoms with Gasteiger partial charge in [-0.25, -0.2) is 9.97 Å². The zero-order valence-electron chi connectivity index (χ0n) is 9.64. The van der Waals surface area contributed by atoms with Crippen LogP contribution in [0.15, 0.2) is 12.4 Å². The molecule has 0 fully saturated rings. The first kappa shape index (κ1) is 12.4. The fraction of sp³-hybridized carbons (Fsp3) is 0.500. The van der Waals surface area contributed by atoms with Crippen molar-refractivity contribution in [2.45, 2.75) is 6.92 Å². The molecule has 0 radical (unpaired) electrons. The van der Waals surface area contributed by atoms with Gasteiger partial charge in [-0.1, -0.05) is 0 Å². The monoisotopic (exact) mass is 226 g/mol. The Bertz CT molecular complexity index is 370. The Morgan fingerprint density at radius 2 is 2.12 bits per heavy atom. The number of likely N-dealkylation sites (N-methyl/N-ethyl adjacent to an activating group) is 2. The van der Waals surface area contributed by atoms with Crippen molar-refractivity contribution in [3.63, 3.8) is 0 Å². The molecule has 0 aliphatic carbocycles. The first-order valence-corrected chi connectivity index (χ1v) is 4.97. The van der Waals surface area contributed by atoms with Crippen LogP contribution in [0.5, 0.6) is 0 Å². The summed E-state index contributed by atoms with van der Waals surface area (Å²) in [6, 6.07) is 1.21. The first-order valence-electron chi connectivity index (χ1n) is 4.97. The van der Waals surface area contributed by atoms with Crippen LogP contribution in [-0.2, 0) is 4.79 Å². The molecule has 6 heteroatoms. The summed E-state index contributed by atoms with van der Waals surface area (Å²) in [5.74, 6) is -0.230. The van der Waals surface area contributed by atoms with E-state index in [9.17, 15) is 9.18 Å². The number of hydrogen-bond acceptors (Lipinski definition) is 4. The van der Waals surface area contributed by atoms with Crippen molar-refractivity contribution in [2.24, 2.45) is 0 Å². The number of hydrogen-bond donors (Lipinski definition) is 0. The van der Waals surface area contributed by atoms with Crippen LogP contribution in [0.2, 0.25) is 0 Å². The average Bonchev–Trinajstić information content (AvgIpc) is 2.25. The standard InChI is InChI=1S/C10H15FN4O/c1-4-15(6-10(16)14(2)3)9-5-8(11)12-7-13-9/h5,7H,4,6H2,1-3H3. The van der Waals surface area contributed by atoms with Gasteiger partial charge in [0.05, 0.1) is 6.54 Å². The summed E-state index contributed by atoms with van der Waals surface area (Å²) in [5.41, 5.74) is 0. The van der Waals surface area contributed by atoms with Crippen LogP contribution < -0.4 is 4.90 Å². The third-order valence-corrected chi connectivity index (χ3v) is 2.15. The molecule has 0 spiro atoms. The molecule has 0 aliphatic rings. The Morgan fingerprint density at radius 3 is 2.62 bits per heavy atom. The number of carbonyl (C=O) groups excluding carboxylic acids is 1. The average molecular weight is 226 g/mol. The molecule has 0 N–H and O–H groups in total. The molecule has 0 saturated heterocycles. The molecular formula is C10H15FN4O. The van der Waals surface area contributed by atoms with Crippen LogP contribution in [0.1, 0.15) is 6.92 Å². The van der Waals surface area contributed by atoms with Gasteiger partial charge in [0.1, 0.15) is 12.1 Å². The third kappa shape index (κ3) is 3.15. The highest BCUT2D eigenvalue weighted by atomic mass is 19.1. The Hall–Kier alpha value is -1.72. The zero-order chi connectivity index (χ0) is 12.1. The van der Waals surface area contributed by atoms with Crippen molar-refractivity contribution in [3.05, 3.63) is 18.3 Å². The molecule has 5 nitrogen and oxygen atoms in total. The number of amides is 1. The van der Waals surface area contributed by atoms with Crippen LogP contribution >= 0.6 is 0 Å². The number of rotatable bonds is 4. The third-order valence-electron chi connectivity index (χ3n) is 2.15. The minimum absolute atomic E-state index is 0.0547. The maximum absolute atomic E-state index is 12.9. The van der Waals surface area contributed by atoms with E-state index in [1.54, 1.807) is 19.0 Å². The number of halogens is 1. The van der Waals surface area contributed by atoms with Gasteiger partial charge in [0.25, 0.3) is 0 Å². The lowest BCUT2D eigenvalue weighted by molar-refractivity contribution is -0.127. The van der Waals surface area contributed by atoms with Crippen LogP contribution in [0.25, 0.3) is 0 Å². The molecule has 88 valence electrons. The Morgan fingerprint density at radius 1 is 1.44 bits per heavy atom. The second-order valence-electron chi connectivity index (χ2n) is 3.50. The molecule has 16 heavy (non-hydrogen) atoms. The van der Waals surface area contributed by atoms with E-state index in [-0.39, 0.29) is 12.5 Å². The number of aromatic nitrogens is 2. The fourth-order valence-corrected chi connectivity index (χ4v) is 1.16. The van der Waals surface area contributed by atoms with E-state index in [4.69, 9.17) is 0 Å². The normalized spacial score (nSPS) is 10.0. The van der Waals surface area contributed by atoms with Crippen LogP contribution in [0.4, 0.5) is 10.2 Å². The van der Waals surface area contributed by atoms with E-state index in [0.29, 0.717) is 12.4 Å². The highest BCUT2D eigenvalue weighted by molar-refractivity contribution is 5.80. The highest BCUT2D eigenvalue weighted by Gasteiger charge is 2.13. The van der Waals surface area contributed by atoms with Gasteiger partial charge in [-0.3, -0.25) is 4.79 Å². The SMILES string of the molecule is CCN(CC(=O)N(C)C)c1cc(F)ncn1. The van der Waals surface area contributed by atoms with Crippen molar-refractivity contribution in [2.75, 3.05) is 32.1 Å². The minimum atomic E-state index is -0.597. The molecule has 0 saturated carbocycles. The van der Waals surface area contributed by atoms with Gasteiger partial charge in [0.2, 0.25) is 11.9 Å². The molecule has 0 unspecified atom stereocenters. The number of anilines is 1. The van der Waals surface area contributed by atoms with Gasteiger partial charge in [-0.15, -0.1) is 0 Å². The van der Waals surface area contributed by atoms with E-state index < -0.39 is 5.95 Å². The molecule has 0 atom stereocenters. The van der Waals surface area contributed by atoms with Gasteiger partial charge < -0.3 is 9.80 Å². The summed E-state index contributed by atoms with van der Waals surface area (Å²) in [5, 5.41) is 0. The van der Waals surface area contributed by atoms with E-state index in [2.05, 4.69) is 9.97 Å². The smallest absolute Gasteiger partial charge is 0.241 e. The maximum Gasteiger partial charge on any atom is 0.241 e. The molecular weight excluding hydrogens is 211 g/mol. The summed E-state index contributed by atoms with van der Waals surface area (Å²) in [6.45, 7) is 2.64. The summed E-state index contributed by atoms with van der Waals surface area (Å²) in [6.07, 6.45) is 1.15. The number of carbonyl (C=O) groups is 1. The van der Waals surface area contributed by atoms with Crippen molar-refractivity contribution < 1.29 is 9.18 Å². The maximum atomic E-state index is 12.9. The Kier molecular flexibility index (Phi) is 4.16. The molecule has 0 aromatic carbocycles. The van der Waals surface area contributed by atoms with E-state index >= 15 is 0 Å². The van der Waals surface area contributed by atoms with Gasteiger partial charge in [0.15, 0.2) is 0 Å². The van der Waals surface area contributed by atoms with E-state index in [0.717, 1.165) is 6.33 Å². The van der Waals surface area contributed by atoms with Crippen LogP contribution in [0.3, 0.4) is 0 Å². The van der Waals surface area contributed by atoms with Crippen molar-refractivity contribution in [1.29, 1.82) is 0 Å². The molecule has 1 amide bonds. The predicted octanol–water partition coefficient (Wildman–Crippen LogP) is 0.530. The summed E-state index contributed by atoms with van der Waals surface area (Å²) < 4.78 is 12.9. The molecule has 1 aromatic rings. The lowest BCUT2D eigenvalue weighted by Crippen LogP contribution is -2.37. The predicted molar refractivity (Wildman–Crippen MR) is 58.6 cm³/mol. The molecule has 0 bridgehead atoms. The summed E-state index contributed by atoms with van der Waals surface area (Å²) >= 11 is 0. The molecule has 1 heterocycles. The van der Waals surface area contributed by atoms with Gasteiger partial charge in [-0.05, 0) is 6.92 Å². The molecule has 1 aromatic heterocycles. The van der Waals surface area contributed by atoms with Crippen molar-refractivity contribution in [1.82, 2.24) is 14.9 Å². The Balaban J connectivity index is 2.78. The van der Waals surface area contributed by atoms with E-state index in [1.807, 2.05) is 6.92 Å². The van der Waals surface area contributed by atoms with Crippen LogP contribution in [-0.4, -0.2) is 48.0 Å². The fourth-order valence-electron chi connectivity index (χ4n) is 1.16. The second kappa shape index (κ2) is 5.39. The van der Waals surface area contributed by atoms with Crippen molar-refractivity contribution in [3.8, 4) is 0 Å². The van der Waals surface area contributed by atoms with Crippen molar-refractivity contribution >= 4 is 11.7 Å². The zero-order valence-corrected chi connectivity index (χ0v) is 9.64. The molecule has 1 rings (SSSR count). The minimum Gasteiger partial charge on any atom is -0.347 e. The van der Waals surface area contributed by atoms with Crippen LogP contribution in [0, 0.1) is 5.95 Å². The lowest BCUT2D eigenvalue weighted by Gasteiger charge is -2.22. The second-order valence-corrected chi connectivity index (χ2v) is 3.50. The Labute approximate surface area is 93.9 Å². The number of nitrogens with zero attached hydrogens (tertiary/aromatic N) is 4. The van der Waals surface area contributed by atoms with Gasteiger partial charge >= 0.3 is 0 Å².